The number of hydrogen-bond acceptors (Lipinski definition) is 6. The Morgan fingerprint density at radius 3 is 2.78 bits per heavy atom. The molecule has 0 unspecified atom stereocenters. The number of aromatic nitrogens is 5. The number of hydrogen-bond donors (Lipinski definition) is 1. The molecule has 0 aromatic carbocycles. The maximum Gasteiger partial charge on any atom is 0.155 e. The normalized spacial score (nSPS) is 18.7. The molecule has 9 heteroatoms. The number of nitriles is 1. The first-order valence-corrected chi connectivity index (χ1v) is 11.4. The summed E-state index contributed by atoms with van der Waals surface area (Å²) in [7, 11) is 0. The van der Waals surface area contributed by atoms with Crippen LogP contribution in [0, 0.1) is 24.1 Å². The summed E-state index contributed by atoms with van der Waals surface area (Å²) in [6, 6.07) is 7.70. The van der Waals surface area contributed by atoms with Gasteiger partial charge in [-0.1, -0.05) is 11.8 Å². The van der Waals surface area contributed by atoms with Gasteiger partial charge in [0.15, 0.2) is 5.82 Å². The van der Waals surface area contributed by atoms with Crippen LogP contribution in [0.2, 0.25) is 0 Å². The van der Waals surface area contributed by atoms with E-state index in [1.54, 1.807) is 16.8 Å². The summed E-state index contributed by atoms with van der Waals surface area (Å²) < 4.78 is 18.1. The predicted octanol–water partition coefficient (Wildman–Crippen LogP) is 4.51. The highest BCUT2D eigenvalue weighted by Gasteiger charge is 2.23. The summed E-state index contributed by atoms with van der Waals surface area (Å²) in [5, 5.41) is 18.8. The van der Waals surface area contributed by atoms with Crippen molar-refractivity contribution in [3.8, 4) is 17.2 Å². The molecule has 0 spiro atoms. The van der Waals surface area contributed by atoms with Crippen LogP contribution in [-0.2, 0) is 0 Å². The van der Waals surface area contributed by atoms with E-state index in [2.05, 4.69) is 32.9 Å². The van der Waals surface area contributed by atoms with Crippen molar-refractivity contribution in [1.29, 1.82) is 5.26 Å². The van der Waals surface area contributed by atoms with Crippen molar-refractivity contribution in [1.82, 2.24) is 24.4 Å². The lowest BCUT2D eigenvalue weighted by molar-refractivity contribution is 0.300. The first-order chi connectivity index (χ1) is 15.5. The average Bonchev–Trinajstić information content (AvgIpc) is 3.39. The van der Waals surface area contributed by atoms with Crippen LogP contribution in [-0.4, -0.2) is 30.4 Å². The number of nitrogens with two attached hydrogens (primary N) is 1. The molecule has 162 valence electrons. The number of halogens is 1. The van der Waals surface area contributed by atoms with Gasteiger partial charge in [-0.15, -0.1) is 0 Å². The van der Waals surface area contributed by atoms with Crippen LogP contribution in [0.5, 0.6) is 0 Å². The van der Waals surface area contributed by atoms with Gasteiger partial charge in [-0.3, -0.25) is 4.68 Å². The standard InChI is InChI=1S/C23H22FN7S/c1-14-19(12-29-31(14)18-6-4-17(26)5-7-18)15-9-21(32-23-20(24)3-2-8-27-23)22-16(10-25)11-28-30(22)13-15/h2-3,8-9,11-13,17-18H,4-7,26H2,1H3/t17-,18-. The van der Waals surface area contributed by atoms with Gasteiger partial charge in [0.25, 0.3) is 0 Å². The van der Waals surface area contributed by atoms with Gasteiger partial charge in [0.2, 0.25) is 0 Å². The molecule has 1 fully saturated rings. The van der Waals surface area contributed by atoms with Crippen molar-refractivity contribution < 1.29 is 4.39 Å². The maximum atomic E-state index is 14.3. The number of fused-ring (bicyclic) bond motifs is 1. The first kappa shape index (κ1) is 20.7. The Labute approximate surface area is 189 Å². The van der Waals surface area contributed by atoms with E-state index in [1.165, 1.54) is 24.0 Å². The largest absolute Gasteiger partial charge is 0.328 e. The Morgan fingerprint density at radius 2 is 2.03 bits per heavy atom. The monoisotopic (exact) mass is 447 g/mol. The van der Waals surface area contributed by atoms with Crippen molar-refractivity contribution in [2.75, 3.05) is 0 Å². The van der Waals surface area contributed by atoms with Gasteiger partial charge in [-0.2, -0.15) is 15.5 Å². The van der Waals surface area contributed by atoms with Crippen LogP contribution in [0.4, 0.5) is 4.39 Å². The van der Waals surface area contributed by atoms with Gasteiger partial charge in [0.05, 0.1) is 29.5 Å². The molecule has 7 nitrogen and oxygen atoms in total. The summed E-state index contributed by atoms with van der Waals surface area (Å²) in [6.07, 6.45) is 10.9. The number of pyridine rings is 2. The van der Waals surface area contributed by atoms with Gasteiger partial charge < -0.3 is 5.73 Å². The Balaban J connectivity index is 1.59. The lowest BCUT2D eigenvalue weighted by atomic mass is 9.92. The van der Waals surface area contributed by atoms with E-state index in [0.717, 1.165) is 42.5 Å². The molecule has 1 saturated carbocycles. The highest BCUT2D eigenvalue weighted by atomic mass is 32.2. The number of rotatable bonds is 4. The van der Waals surface area contributed by atoms with E-state index >= 15 is 0 Å². The molecule has 0 amide bonds. The molecule has 0 aliphatic heterocycles. The molecule has 4 heterocycles. The molecule has 1 aliphatic rings. The van der Waals surface area contributed by atoms with Crippen LogP contribution in [0.25, 0.3) is 16.6 Å². The zero-order valence-corrected chi connectivity index (χ0v) is 18.4. The van der Waals surface area contributed by atoms with Gasteiger partial charge in [0, 0.05) is 40.2 Å². The van der Waals surface area contributed by atoms with Gasteiger partial charge in [-0.25, -0.2) is 13.9 Å². The fourth-order valence-electron chi connectivity index (χ4n) is 4.36. The minimum absolute atomic E-state index is 0.252. The Kier molecular flexibility index (Phi) is 5.41. The smallest absolute Gasteiger partial charge is 0.155 e. The molecule has 5 rings (SSSR count). The first-order valence-electron chi connectivity index (χ1n) is 10.5. The lowest BCUT2D eigenvalue weighted by Gasteiger charge is -2.27. The minimum Gasteiger partial charge on any atom is -0.328 e. The van der Waals surface area contributed by atoms with Crippen molar-refractivity contribution in [3.05, 3.63) is 60.1 Å². The van der Waals surface area contributed by atoms with Crippen LogP contribution in [0.15, 0.2) is 52.9 Å². The van der Waals surface area contributed by atoms with Gasteiger partial charge >= 0.3 is 0 Å². The second-order valence-electron chi connectivity index (χ2n) is 8.11. The summed E-state index contributed by atoms with van der Waals surface area (Å²) in [6.45, 7) is 2.07. The molecule has 0 atom stereocenters. The third-order valence-corrected chi connectivity index (χ3v) is 7.10. The van der Waals surface area contributed by atoms with E-state index in [9.17, 15) is 9.65 Å². The van der Waals surface area contributed by atoms with Crippen molar-refractivity contribution >= 4 is 17.3 Å². The van der Waals surface area contributed by atoms with Crippen LogP contribution in [0.3, 0.4) is 0 Å². The van der Waals surface area contributed by atoms with Crippen LogP contribution in [0.1, 0.15) is 43.0 Å². The van der Waals surface area contributed by atoms with Crippen molar-refractivity contribution in [2.45, 2.75) is 54.6 Å². The second kappa shape index (κ2) is 8.37. The predicted molar refractivity (Wildman–Crippen MR) is 120 cm³/mol. The maximum absolute atomic E-state index is 14.3. The molecular weight excluding hydrogens is 425 g/mol. The highest BCUT2D eigenvalue weighted by Crippen LogP contribution is 2.37. The minimum atomic E-state index is -0.404. The zero-order valence-electron chi connectivity index (χ0n) is 17.6. The van der Waals surface area contributed by atoms with E-state index in [1.807, 2.05) is 18.5 Å². The van der Waals surface area contributed by atoms with Gasteiger partial charge in [-0.05, 0) is 50.8 Å². The molecule has 0 bridgehead atoms. The topological polar surface area (TPSA) is 97.8 Å². The Bertz CT molecular complexity index is 1330. The average molecular weight is 448 g/mol. The summed E-state index contributed by atoms with van der Waals surface area (Å²) in [4.78, 5) is 4.87. The van der Waals surface area contributed by atoms with Crippen molar-refractivity contribution in [2.24, 2.45) is 5.73 Å². The van der Waals surface area contributed by atoms with Gasteiger partial charge in [0.1, 0.15) is 11.1 Å². The molecule has 4 aromatic heterocycles. The Hall–Kier alpha value is -3.22. The molecule has 0 saturated heterocycles. The molecule has 0 radical (unpaired) electrons. The summed E-state index contributed by atoms with van der Waals surface area (Å²) >= 11 is 1.19. The quantitative estimate of drug-likeness (QED) is 0.494. The molecule has 4 aromatic rings. The Morgan fingerprint density at radius 1 is 1.22 bits per heavy atom. The zero-order chi connectivity index (χ0) is 22.2. The SMILES string of the molecule is Cc1c(-c2cc(Sc3ncccc3F)c3c(C#N)cnn3c2)cnn1[C@H]1CC[C@H](N)CC1. The number of nitrogens with zero attached hydrogens (tertiary/aromatic N) is 6. The molecule has 32 heavy (non-hydrogen) atoms. The van der Waals surface area contributed by atoms with E-state index in [0.29, 0.717) is 22.0 Å². The third kappa shape index (κ3) is 3.66. The van der Waals surface area contributed by atoms with E-state index in [-0.39, 0.29) is 11.1 Å². The lowest BCUT2D eigenvalue weighted by Crippen LogP contribution is -2.28. The molecule has 1 aliphatic carbocycles. The highest BCUT2D eigenvalue weighted by molar-refractivity contribution is 7.99. The second-order valence-corrected chi connectivity index (χ2v) is 9.14. The molecule has 2 N–H and O–H groups in total. The van der Waals surface area contributed by atoms with Crippen LogP contribution >= 0.6 is 11.8 Å². The van der Waals surface area contributed by atoms with Crippen molar-refractivity contribution in [3.63, 3.8) is 0 Å². The fraction of sp³-hybridized carbons (Fsp3) is 0.304. The summed E-state index contributed by atoms with van der Waals surface area (Å²) in [5.74, 6) is -0.404. The van der Waals surface area contributed by atoms with Crippen LogP contribution < -0.4 is 5.73 Å². The third-order valence-electron chi connectivity index (χ3n) is 6.07. The van der Waals surface area contributed by atoms with E-state index < -0.39 is 5.82 Å². The van der Waals surface area contributed by atoms with E-state index in [4.69, 9.17) is 5.73 Å². The summed E-state index contributed by atoms with van der Waals surface area (Å²) in [5.41, 5.74) is 10.1. The molecular formula is C23H22FN7S. The fourth-order valence-corrected chi connectivity index (χ4v) is 5.34.